The van der Waals surface area contributed by atoms with Crippen LogP contribution in [0.3, 0.4) is 0 Å². The first kappa shape index (κ1) is 34.0. The lowest BCUT2D eigenvalue weighted by atomic mass is 10.1. The van der Waals surface area contributed by atoms with E-state index in [1.165, 1.54) is 17.2 Å². The Balaban J connectivity index is 0.000000147. The van der Waals surface area contributed by atoms with Crippen molar-refractivity contribution in [3.8, 4) is 0 Å². The number of aromatic nitrogens is 10. The molecule has 7 heterocycles. The number of nitrogens with zero attached hydrogens (tertiary/aromatic N) is 6. The number of aliphatic hydroxyl groups is 6. The minimum absolute atomic E-state index is 0.0388. The molecule has 2 aliphatic heterocycles. The minimum Gasteiger partial charge on any atom is -0.394 e. The summed E-state index contributed by atoms with van der Waals surface area (Å²) in [7, 11) is 0. The van der Waals surface area contributed by atoms with Gasteiger partial charge in [-0.25, -0.2) is 14.8 Å². The lowest BCUT2D eigenvalue weighted by molar-refractivity contribution is -0.0550. The summed E-state index contributed by atoms with van der Waals surface area (Å²) in [5.41, 5.74) is 9.42. The van der Waals surface area contributed by atoms with Crippen molar-refractivity contribution >= 4 is 34.2 Å². The standard InChI is InChI=1S/C10H13N5O5.C9H12N2O6.C5H5N5O/c11-10-13-7-4(8(19)14-10)12-2-15(7)9-6(18)5(17)3(1-16)20-9;12-3-4-6(14)7(15)8(17-4)11-2-1-5(13)10-9(11)16;6-5-9-3-2(4(11)10-5)7-1-8-3/h2-3,5-6,9,16-18H,1H2,(H3,11,13,14,19);1-2,4,6-8,12,14-15H,3H2,(H,10,13,16);1H,(H4,6,7,8,9,10,11)/t3-,5-,6-,9-;4-,6-,7-,8-;/m11./s1. The van der Waals surface area contributed by atoms with Crippen LogP contribution in [0.15, 0.2) is 44.1 Å². The predicted molar refractivity (Wildman–Crippen MR) is 159 cm³/mol. The van der Waals surface area contributed by atoms with E-state index in [-0.39, 0.29) is 34.1 Å². The molecular weight excluding hydrogens is 648 g/mol. The number of aliphatic hydroxyl groups excluding tert-OH is 6. The molecule has 0 amide bonds. The summed E-state index contributed by atoms with van der Waals surface area (Å²) in [6.45, 7) is -0.926. The average Bonchev–Trinajstić information content (AvgIpc) is 3.81. The highest BCUT2D eigenvalue weighted by molar-refractivity contribution is 5.70. The fraction of sp³-hybridized carbons (Fsp3) is 0.417. The number of nitrogens with two attached hydrogens (primary N) is 2. The Kier molecular flexibility index (Phi) is 9.77. The van der Waals surface area contributed by atoms with Crippen LogP contribution in [-0.2, 0) is 9.47 Å². The van der Waals surface area contributed by atoms with Crippen molar-refractivity contribution in [3.63, 3.8) is 0 Å². The number of fused-ring (bicyclic) bond motifs is 2. The predicted octanol–water partition coefficient (Wildman–Crippen LogP) is -6.31. The van der Waals surface area contributed by atoms with Crippen LogP contribution in [0.2, 0.25) is 0 Å². The summed E-state index contributed by atoms with van der Waals surface area (Å²) < 4.78 is 12.7. The Labute approximate surface area is 263 Å². The van der Waals surface area contributed by atoms with Crippen molar-refractivity contribution < 1.29 is 40.1 Å². The molecule has 0 radical (unpaired) electrons. The van der Waals surface area contributed by atoms with E-state index in [2.05, 4.69) is 34.9 Å². The van der Waals surface area contributed by atoms with E-state index in [1.54, 1.807) is 0 Å². The zero-order chi connectivity index (χ0) is 34.9. The summed E-state index contributed by atoms with van der Waals surface area (Å²) in [4.78, 5) is 69.6. The van der Waals surface area contributed by atoms with Crippen molar-refractivity contribution in [3.05, 3.63) is 66.5 Å². The van der Waals surface area contributed by atoms with Gasteiger partial charge in [-0.3, -0.25) is 38.5 Å². The smallest absolute Gasteiger partial charge is 0.330 e. The first-order valence-electron chi connectivity index (χ1n) is 13.8. The van der Waals surface area contributed by atoms with Gasteiger partial charge in [0.05, 0.1) is 25.9 Å². The molecule has 7 rings (SSSR count). The average molecular weight is 679 g/mol. The number of aromatic amines is 4. The molecular formula is C24H30N12O12. The molecule has 0 spiro atoms. The van der Waals surface area contributed by atoms with Gasteiger partial charge in [-0.1, -0.05) is 0 Å². The number of H-pyrrole nitrogens is 4. The van der Waals surface area contributed by atoms with Gasteiger partial charge in [-0.15, -0.1) is 0 Å². The van der Waals surface area contributed by atoms with Gasteiger partial charge in [0.1, 0.15) is 36.6 Å². The number of imidazole rings is 2. The zero-order valence-electron chi connectivity index (χ0n) is 24.3. The maximum Gasteiger partial charge on any atom is 0.330 e. The van der Waals surface area contributed by atoms with Gasteiger partial charge in [-0.2, -0.15) is 9.97 Å². The number of ether oxygens (including phenoxy) is 2. The molecule has 2 saturated heterocycles. The molecule has 8 atom stereocenters. The summed E-state index contributed by atoms with van der Waals surface area (Å²) in [6, 6.07) is 1.09. The van der Waals surface area contributed by atoms with E-state index >= 15 is 0 Å². The number of nitrogens with one attached hydrogen (secondary N) is 4. The van der Waals surface area contributed by atoms with Crippen molar-refractivity contribution in [1.82, 2.24) is 49.0 Å². The van der Waals surface area contributed by atoms with Crippen LogP contribution in [0.5, 0.6) is 0 Å². The molecule has 0 unspecified atom stereocenters. The zero-order valence-corrected chi connectivity index (χ0v) is 24.3. The lowest BCUT2D eigenvalue weighted by Crippen LogP contribution is -2.37. The van der Waals surface area contributed by atoms with Gasteiger partial charge in [0, 0.05) is 12.3 Å². The van der Waals surface area contributed by atoms with Crippen molar-refractivity contribution in [1.29, 1.82) is 0 Å². The summed E-state index contributed by atoms with van der Waals surface area (Å²) >= 11 is 0. The molecule has 48 heavy (non-hydrogen) atoms. The molecule has 5 aromatic heterocycles. The molecule has 2 fully saturated rings. The highest BCUT2D eigenvalue weighted by atomic mass is 16.6. The monoisotopic (exact) mass is 678 g/mol. The van der Waals surface area contributed by atoms with Gasteiger partial charge in [0.15, 0.2) is 34.8 Å². The maximum absolute atomic E-state index is 11.7. The van der Waals surface area contributed by atoms with E-state index in [4.69, 9.17) is 31.2 Å². The highest BCUT2D eigenvalue weighted by Crippen LogP contribution is 2.31. The van der Waals surface area contributed by atoms with E-state index in [0.717, 1.165) is 16.8 Å². The topological polar surface area (TPSA) is 385 Å². The number of anilines is 2. The normalized spacial score (nSPS) is 26.6. The minimum atomic E-state index is -1.35. The van der Waals surface area contributed by atoms with Crippen LogP contribution >= 0.6 is 0 Å². The van der Waals surface area contributed by atoms with Crippen LogP contribution in [0, 0.1) is 0 Å². The van der Waals surface area contributed by atoms with Crippen LogP contribution in [-0.4, -0.2) is 129 Å². The first-order valence-corrected chi connectivity index (χ1v) is 13.8. The Morgan fingerprint density at radius 3 is 1.88 bits per heavy atom. The van der Waals surface area contributed by atoms with Crippen LogP contribution in [0.4, 0.5) is 11.9 Å². The second kappa shape index (κ2) is 13.8. The van der Waals surface area contributed by atoms with Gasteiger partial charge in [0.25, 0.3) is 16.7 Å². The third-order valence-corrected chi connectivity index (χ3v) is 7.19. The third kappa shape index (κ3) is 6.57. The summed E-state index contributed by atoms with van der Waals surface area (Å²) in [6.07, 6.45) is -5.40. The Bertz CT molecular complexity index is 2120. The molecule has 24 nitrogen and oxygen atoms in total. The van der Waals surface area contributed by atoms with Crippen molar-refractivity contribution in [2.24, 2.45) is 0 Å². The molecule has 258 valence electrons. The molecule has 14 N–H and O–H groups in total. The number of hydrogen-bond donors (Lipinski definition) is 12. The van der Waals surface area contributed by atoms with Crippen LogP contribution in [0.1, 0.15) is 12.5 Å². The van der Waals surface area contributed by atoms with Crippen molar-refractivity contribution in [2.75, 3.05) is 24.7 Å². The Morgan fingerprint density at radius 2 is 1.31 bits per heavy atom. The maximum atomic E-state index is 11.7. The second-order valence-electron chi connectivity index (χ2n) is 10.3. The lowest BCUT2D eigenvalue weighted by Gasteiger charge is -2.16. The van der Waals surface area contributed by atoms with Gasteiger partial charge < -0.3 is 56.6 Å². The van der Waals surface area contributed by atoms with Gasteiger partial charge in [-0.05, 0) is 0 Å². The van der Waals surface area contributed by atoms with Crippen LogP contribution in [0.25, 0.3) is 22.3 Å². The molecule has 0 aromatic carbocycles. The molecule has 0 saturated carbocycles. The number of hydrogen-bond acceptors (Lipinski definition) is 18. The summed E-state index contributed by atoms with van der Waals surface area (Å²) in [5.74, 6) is -0.0113. The van der Waals surface area contributed by atoms with E-state index < -0.39 is 79.1 Å². The largest absolute Gasteiger partial charge is 0.394 e. The third-order valence-electron chi connectivity index (χ3n) is 7.19. The Morgan fingerprint density at radius 1 is 0.750 bits per heavy atom. The quantitative estimate of drug-likeness (QED) is 0.0840. The van der Waals surface area contributed by atoms with E-state index in [1.807, 2.05) is 4.98 Å². The second-order valence-corrected chi connectivity index (χ2v) is 10.3. The first-order chi connectivity index (χ1) is 22.8. The molecule has 0 aliphatic carbocycles. The summed E-state index contributed by atoms with van der Waals surface area (Å²) in [5, 5.41) is 56.8. The van der Waals surface area contributed by atoms with Gasteiger partial charge in [0.2, 0.25) is 11.9 Å². The van der Waals surface area contributed by atoms with Crippen LogP contribution < -0.4 is 33.8 Å². The van der Waals surface area contributed by atoms with Crippen molar-refractivity contribution in [2.45, 2.75) is 49.1 Å². The number of nitrogen functional groups attached to an aromatic ring is 2. The molecule has 5 aromatic rings. The fourth-order valence-electron chi connectivity index (χ4n) is 4.84. The SMILES string of the molecule is Nc1nc2[nH]cnc2c(=O)[nH]1.Nc1nc2c(ncn2[C@@H]2O[C@H](CO)[C@@H](O)[C@H]2O)c(=O)[nH]1.O=c1ccn([C@@H]2O[C@H](CO)[C@@H](O)[C@H]2O)c(=O)[nH]1. The number of rotatable bonds is 4. The molecule has 0 bridgehead atoms. The highest BCUT2D eigenvalue weighted by Gasteiger charge is 2.44. The van der Waals surface area contributed by atoms with E-state index in [9.17, 15) is 39.6 Å². The molecule has 2 aliphatic rings. The fourth-order valence-corrected chi connectivity index (χ4v) is 4.84. The van der Waals surface area contributed by atoms with Gasteiger partial charge >= 0.3 is 5.69 Å². The molecule has 24 heteroatoms. The Hall–Kier alpha value is -5.34. The van der Waals surface area contributed by atoms with E-state index in [0.29, 0.717) is 5.65 Å².